The maximum atomic E-state index is 11.8. The van der Waals surface area contributed by atoms with Crippen molar-refractivity contribution < 1.29 is 9.53 Å². The first-order chi connectivity index (χ1) is 9.84. The summed E-state index contributed by atoms with van der Waals surface area (Å²) >= 11 is 1.52. The van der Waals surface area contributed by atoms with Crippen LogP contribution >= 0.6 is 11.3 Å². The monoisotopic (exact) mass is 304 g/mol. The number of thiazole rings is 1. The summed E-state index contributed by atoms with van der Waals surface area (Å²) in [5, 5.41) is 2.84. The molecule has 0 aliphatic rings. The van der Waals surface area contributed by atoms with E-state index in [4.69, 9.17) is 10.5 Å². The van der Waals surface area contributed by atoms with Crippen molar-refractivity contribution in [2.45, 2.75) is 39.2 Å². The van der Waals surface area contributed by atoms with E-state index < -0.39 is 0 Å². The SMILES string of the molecule is CC(C)(C)c1csc(COC(=O)Cc2ccc(N)cc2)n1. The molecule has 2 N–H and O–H groups in total. The number of benzene rings is 1. The lowest BCUT2D eigenvalue weighted by Gasteiger charge is -2.14. The summed E-state index contributed by atoms with van der Waals surface area (Å²) in [6.07, 6.45) is 0.248. The third-order valence-electron chi connectivity index (χ3n) is 3.00. The van der Waals surface area contributed by atoms with Gasteiger partial charge >= 0.3 is 5.97 Å². The van der Waals surface area contributed by atoms with Crippen LogP contribution < -0.4 is 5.73 Å². The second kappa shape index (κ2) is 6.26. The number of nitrogens with zero attached hydrogens (tertiary/aromatic N) is 1. The van der Waals surface area contributed by atoms with Gasteiger partial charge < -0.3 is 10.5 Å². The number of rotatable bonds is 4. The Kier molecular flexibility index (Phi) is 4.63. The number of aromatic nitrogens is 1. The molecule has 2 aromatic rings. The van der Waals surface area contributed by atoms with E-state index in [0.717, 1.165) is 16.3 Å². The lowest BCUT2D eigenvalue weighted by Crippen LogP contribution is -2.12. The van der Waals surface area contributed by atoms with Gasteiger partial charge in [0.05, 0.1) is 12.1 Å². The van der Waals surface area contributed by atoms with Crippen molar-refractivity contribution >= 4 is 23.0 Å². The molecule has 0 spiro atoms. The zero-order chi connectivity index (χ0) is 15.5. The third kappa shape index (κ3) is 4.56. The molecular formula is C16H20N2O2S. The van der Waals surface area contributed by atoms with Gasteiger partial charge in [0, 0.05) is 16.5 Å². The molecule has 0 saturated carbocycles. The topological polar surface area (TPSA) is 65.2 Å². The fourth-order valence-electron chi connectivity index (χ4n) is 1.72. The number of carbonyl (C=O) groups excluding carboxylic acids is 1. The minimum atomic E-state index is -0.257. The van der Waals surface area contributed by atoms with Crippen molar-refractivity contribution in [3.05, 3.63) is 45.9 Å². The molecule has 0 atom stereocenters. The molecule has 0 bridgehead atoms. The van der Waals surface area contributed by atoms with Gasteiger partial charge in [-0.05, 0) is 17.7 Å². The molecule has 21 heavy (non-hydrogen) atoms. The molecule has 0 unspecified atom stereocenters. The molecule has 4 nitrogen and oxygen atoms in total. The zero-order valence-corrected chi connectivity index (χ0v) is 13.4. The van der Waals surface area contributed by atoms with E-state index in [9.17, 15) is 4.79 Å². The van der Waals surface area contributed by atoms with Crippen LogP contribution in [0.25, 0.3) is 0 Å². The van der Waals surface area contributed by atoms with Gasteiger partial charge in [0.25, 0.3) is 0 Å². The van der Waals surface area contributed by atoms with E-state index in [1.807, 2.05) is 17.5 Å². The molecule has 112 valence electrons. The molecule has 1 heterocycles. The molecule has 1 aromatic carbocycles. The number of nitrogens with two attached hydrogens (primary N) is 1. The van der Waals surface area contributed by atoms with Crippen LogP contribution in [0.3, 0.4) is 0 Å². The first-order valence-electron chi connectivity index (χ1n) is 6.79. The maximum absolute atomic E-state index is 11.8. The lowest BCUT2D eigenvalue weighted by atomic mass is 9.93. The zero-order valence-electron chi connectivity index (χ0n) is 12.6. The summed E-state index contributed by atoms with van der Waals surface area (Å²) in [7, 11) is 0. The fraction of sp³-hybridized carbons (Fsp3) is 0.375. The minimum absolute atomic E-state index is 0.0166. The van der Waals surface area contributed by atoms with Gasteiger partial charge in [-0.15, -0.1) is 11.3 Å². The van der Waals surface area contributed by atoms with Gasteiger partial charge in [0.15, 0.2) is 0 Å². The third-order valence-corrected chi connectivity index (χ3v) is 3.83. The van der Waals surface area contributed by atoms with E-state index >= 15 is 0 Å². The number of nitrogen functional groups attached to an aromatic ring is 1. The first-order valence-corrected chi connectivity index (χ1v) is 7.67. The first kappa shape index (κ1) is 15.5. The van der Waals surface area contributed by atoms with Gasteiger partial charge in [-0.25, -0.2) is 4.98 Å². The number of esters is 1. The van der Waals surface area contributed by atoms with Crippen LogP contribution in [0.5, 0.6) is 0 Å². The minimum Gasteiger partial charge on any atom is -0.458 e. The van der Waals surface area contributed by atoms with E-state index in [1.54, 1.807) is 12.1 Å². The van der Waals surface area contributed by atoms with Crippen molar-refractivity contribution in [2.75, 3.05) is 5.73 Å². The van der Waals surface area contributed by atoms with Gasteiger partial charge in [-0.3, -0.25) is 4.79 Å². The highest BCUT2D eigenvalue weighted by Gasteiger charge is 2.17. The van der Waals surface area contributed by atoms with Crippen LogP contribution in [0.2, 0.25) is 0 Å². The Bertz CT molecular complexity index is 612. The average molecular weight is 304 g/mol. The van der Waals surface area contributed by atoms with Crippen LogP contribution in [-0.4, -0.2) is 11.0 Å². The van der Waals surface area contributed by atoms with Gasteiger partial charge in [0.2, 0.25) is 0 Å². The second-order valence-electron chi connectivity index (χ2n) is 5.96. The smallest absolute Gasteiger partial charge is 0.310 e. The van der Waals surface area contributed by atoms with Crippen LogP contribution in [0.1, 0.15) is 37.0 Å². The Balaban J connectivity index is 1.86. The molecule has 2 rings (SSSR count). The standard InChI is InChI=1S/C16H20N2O2S/c1-16(2,3)13-10-21-14(18-13)9-20-15(19)8-11-4-6-12(17)7-5-11/h4-7,10H,8-9,17H2,1-3H3. The number of hydrogen-bond acceptors (Lipinski definition) is 5. The molecule has 0 fully saturated rings. The summed E-state index contributed by atoms with van der Waals surface area (Å²) in [6, 6.07) is 7.22. The molecular weight excluding hydrogens is 284 g/mol. The molecule has 0 aliphatic heterocycles. The van der Waals surface area contributed by atoms with Crippen molar-refractivity contribution in [1.29, 1.82) is 0 Å². The summed E-state index contributed by atoms with van der Waals surface area (Å²) in [5.74, 6) is -0.257. The van der Waals surface area contributed by atoms with Crippen LogP contribution in [0, 0.1) is 0 Å². The largest absolute Gasteiger partial charge is 0.458 e. The normalized spacial score (nSPS) is 11.4. The average Bonchev–Trinajstić information content (AvgIpc) is 2.88. The maximum Gasteiger partial charge on any atom is 0.310 e. The van der Waals surface area contributed by atoms with Crippen molar-refractivity contribution in [3.63, 3.8) is 0 Å². The van der Waals surface area contributed by atoms with Crippen molar-refractivity contribution in [1.82, 2.24) is 4.98 Å². The van der Waals surface area contributed by atoms with E-state index in [2.05, 4.69) is 25.8 Å². The highest BCUT2D eigenvalue weighted by atomic mass is 32.1. The predicted molar refractivity (Wildman–Crippen MR) is 85.2 cm³/mol. The Morgan fingerprint density at radius 1 is 1.29 bits per heavy atom. The summed E-state index contributed by atoms with van der Waals surface area (Å²) < 4.78 is 5.27. The van der Waals surface area contributed by atoms with E-state index in [-0.39, 0.29) is 24.4 Å². The predicted octanol–water partition coefficient (Wildman–Crippen LogP) is 3.31. The quantitative estimate of drug-likeness (QED) is 0.695. The lowest BCUT2D eigenvalue weighted by molar-refractivity contribution is -0.144. The molecule has 5 heteroatoms. The number of ether oxygens (including phenoxy) is 1. The molecule has 0 amide bonds. The summed E-state index contributed by atoms with van der Waals surface area (Å²) in [6.45, 7) is 6.56. The Hall–Kier alpha value is -1.88. The van der Waals surface area contributed by atoms with Crippen molar-refractivity contribution in [2.24, 2.45) is 0 Å². The Labute approximate surface area is 129 Å². The summed E-state index contributed by atoms with van der Waals surface area (Å²) in [4.78, 5) is 16.3. The summed E-state index contributed by atoms with van der Waals surface area (Å²) in [5.41, 5.74) is 8.23. The number of carbonyl (C=O) groups is 1. The highest BCUT2D eigenvalue weighted by Crippen LogP contribution is 2.24. The van der Waals surface area contributed by atoms with Crippen molar-refractivity contribution in [3.8, 4) is 0 Å². The molecule has 0 aliphatic carbocycles. The molecule has 0 radical (unpaired) electrons. The van der Waals surface area contributed by atoms with Gasteiger partial charge in [-0.1, -0.05) is 32.9 Å². The van der Waals surface area contributed by atoms with Gasteiger partial charge in [0.1, 0.15) is 11.6 Å². The van der Waals surface area contributed by atoms with Gasteiger partial charge in [-0.2, -0.15) is 0 Å². The van der Waals surface area contributed by atoms with E-state index in [0.29, 0.717) is 5.69 Å². The van der Waals surface area contributed by atoms with Crippen LogP contribution in [0.15, 0.2) is 29.6 Å². The Morgan fingerprint density at radius 2 is 1.95 bits per heavy atom. The van der Waals surface area contributed by atoms with E-state index in [1.165, 1.54) is 11.3 Å². The number of hydrogen-bond donors (Lipinski definition) is 1. The fourth-order valence-corrected chi connectivity index (χ4v) is 2.65. The van der Waals surface area contributed by atoms with Crippen LogP contribution in [0.4, 0.5) is 5.69 Å². The molecule has 1 aromatic heterocycles. The van der Waals surface area contributed by atoms with Crippen LogP contribution in [-0.2, 0) is 28.0 Å². The Morgan fingerprint density at radius 3 is 2.52 bits per heavy atom. The second-order valence-corrected chi connectivity index (χ2v) is 6.90. The highest BCUT2D eigenvalue weighted by molar-refractivity contribution is 7.09. The number of anilines is 1. The molecule has 0 saturated heterocycles.